The summed E-state index contributed by atoms with van der Waals surface area (Å²) in [6.45, 7) is 9.07. The minimum atomic E-state index is -0.760. The first kappa shape index (κ1) is 59.4. The third kappa shape index (κ3) is 47.7. The molecule has 0 aromatic rings. The quantitative estimate of drug-likeness (QED) is 0.0344. The van der Waals surface area contributed by atoms with E-state index in [-0.39, 0.29) is 31.1 Å². The molecule has 0 aliphatic heterocycles. The number of carbonyl (C=O) groups is 3. The van der Waals surface area contributed by atoms with E-state index in [9.17, 15) is 14.4 Å². The number of carbonyl (C=O) groups excluding carboxylic acids is 3. The molecule has 0 spiro atoms. The molecule has 0 amide bonds. The molecule has 362 valence electrons. The van der Waals surface area contributed by atoms with Crippen LogP contribution in [0.3, 0.4) is 0 Å². The lowest BCUT2D eigenvalue weighted by molar-refractivity contribution is -0.167. The summed E-state index contributed by atoms with van der Waals surface area (Å²) in [5.74, 6) is 0.0545. The first-order valence-corrected chi connectivity index (χ1v) is 27.4. The topological polar surface area (TPSA) is 78.9 Å². The molecule has 0 aromatic carbocycles. The second-order valence-corrected chi connectivity index (χ2v) is 19.1. The Morgan fingerprint density at radius 1 is 0.328 bits per heavy atom. The molecule has 0 fully saturated rings. The zero-order valence-electron chi connectivity index (χ0n) is 41.6. The van der Waals surface area contributed by atoms with Gasteiger partial charge in [-0.2, -0.15) is 0 Å². The van der Waals surface area contributed by atoms with E-state index in [0.717, 1.165) is 63.7 Å². The molecule has 2 atom stereocenters. The Balaban J connectivity index is 4.23. The molecule has 0 aliphatic rings. The Morgan fingerprint density at radius 2 is 0.574 bits per heavy atom. The Hall–Kier alpha value is -1.59. The largest absolute Gasteiger partial charge is 0.462 e. The van der Waals surface area contributed by atoms with Crippen molar-refractivity contribution in [3.8, 4) is 0 Å². The number of unbranched alkanes of at least 4 members (excludes halogenated alkanes) is 36. The highest BCUT2D eigenvalue weighted by Crippen LogP contribution is 2.18. The Morgan fingerprint density at radius 3 is 0.852 bits per heavy atom. The van der Waals surface area contributed by atoms with Crippen molar-refractivity contribution in [3.63, 3.8) is 0 Å². The molecule has 0 heterocycles. The van der Waals surface area contributed by atoms with Gasteiger partial charge in [0.15, 0.2) is 6.10 Å². The standard InChI is InChI=1S/C55H106O6/c1-5-8-10-12-14-16-18-19-20-24-27-31-34-38-42-46-53(56)59-49-52(61-55(58)48-44-40-36-30-17-15-13-11-9-6-2)50-60-54(57)47-43-39-35-32-28-25-22-21-23-26-29-33-37-41-45-51(4)7-3/h51-52H,5-50H2,1-4H3/t51?,52-/m1/s1. The van der Waals surface area contributed by atoms with Crippen LogP contribution in [0.1, 0.15) is 310 Å². The van der Waals surface area contributed by atoms with E-state index in [1.165, 1.54) is 205 Å². The minimum Gasteiger partial charge on any atom is -0.462 e. The summed E-state index contributed by atoms with van der Waals surface area (Å²) in [5.41, 5.74) is 0. The van der Waals surface area contributed by atoms with E-state index in [2.05, 4.69) is 27.7 Å². The Bertz CT molecular complexity index is 920. The molecule has 0 rings (SSSR count). The normalized spacial score (nSPS) is 12.4. The third-order valence-electron chi connectivity index (χ3n) is 12.9. The maximum Gasteiger partial charge on any atom is 0.306 e. The van der Waals surface area contributed by atoms with Gasteiger partial charge in [0, 0.05) is 19.3 Å². The second-order valence-electron chi connectivity index (χ2n) is 19.1. The first-order chi connectivity index (χ1) is 29.9. The lowest BCUT2D eigenvalue weighted by atomic mass is 9.99. The van der Waals surface area contributed by atoms with Gasteiger partial charge in [0.25, 0.3) is 0 Å². The van der Waals surface area contributed by atoms with E-state index >= 15 is 0 Å². The van der Waals surface area contributed by atoms with Crippen LogP contribution in [-0.4, -0.2) is 37.2 Å². The number of rotatable bonds is 50. The van der Waals surface area contributed by atoms with Crippen molar-refractivity contribution in [1.82, 2.24) is 0 Å². The smallest absolute Gasteiger partial charge is 0.306 e. The molecule has 0 aromatic heterocycles. The predicted octanol–water partition coefficient (Wildman–Crippen LogP) is 17.8. The fourth-order valence-electron chi connectivity index (χ4n) is 8.36. The fraction of sp³-hybridized carbons (Fsp3) is 0.945. The molecule has 0 saturated heterocycles. The average molecular weight is 863 g/mol. The highest BCUT2D eigenvalue weighted by Gasteiger charge is 2.19. The van der Waals surface area contributed by atoms with Gasteiger partial charge in [-0.3, -0.25) is 14.4 Å². The van der Waals surface area contributed by atoms with Gasteiger partial charge >= 0.3 is 17.9 Å². The summed E-state index contributed by atoms with van der Waals surface area (Å²) in [7, 11) is 0. The summed E-state index contributed by atoms with van der Waals surface area (Å²) >= 11 is 0. The summed E-state index contributed by atoms with van der Waals surface area (Å²) in [5, 5.41) is 0. The van der Waals surface area contributed by atoms with Gasteiger partial charge < -0.3 is 14.2 Å². The third-order valence-corrected chi connectivity index (χ3v) is 12.9. The van der Waals surface area contributed by atoms with Gasteiger partial charge in [-0.05, 0) is 25.2 Å². The summed E-state index contributed by atoms with van der Waals surface area (Å²) in [6, 6.07) is 0. The van der Waals surface area contributed by atoms with Gasteiger partial charge in [0.2, 0.25) is 0 Å². The highest BCUT2D eigenvalue weighted by atomic mass is 16.6. The minimum absolute atomic E-state index is 0.0624. The first-order valence-electron chi connectivity index (χ1n) is 27.4. The van der Waals surface area contributed by atoms with E-state index < -0.39 is 6.10 Å². The van der Waals surface area contributed by atoms with Crippen molar-refractivity contribution in [2.45, 2.75) is 316 Å². The molecule has 0 radical (unpaired) electrons. The van der Waals surface area contributed by atoms with Gasteiger partial charge in [0.1, 0.15) is 13.2 Å². The average Bonchev–Trinajstić information content (AvgIpc) is 3.26. The van der Waals surface area contributed by atoms with Crippen LogP contribution in [0, 0.1) is 5.92 Å². The summed E-state index contributed by atoms with van der Waals surface area (Å²) < 4.78 is 16.8. The zero-order valence-corrected chi connectivity index (χ0v) is 41.6. The maximum atomic E-state index is 12.8. The zero-order chi connectivity index (χ0) is 44.5. The van der Waals surface area contributed by atoms with Crippen molar-refractivity contribution >= 4 is 17.9 Å². The van der Waals surface area contributed by atoms with E-state index in [1.54, 1.807) is 0 Å². The summed E-state index contributed by atoms with van der Waals surface area (Å²) in [4.78, 5) is 38.0. The molecule has 0 saturated carbocycles. The van der Waals surface area contributed by atoms with Crippen molar-refractivity contribution in [1.29, 1.82) is 0 Å². The second kappa shape index (κ2) is 49.4. The summed E-state index contributed by atoms with van der Waals surface area (Å²) in [6.07, 6.45) is 52.2. The lowest BCUT2D eigenvalue weighted by Crippen LogP contribution is -2.30. The maximum absolute atomic E-state index is 12.8. The lowest BCUT2D eigenvalue weighted by Gasteiger charge is -2.18. The molecule has 0 N–H and O–H groups in total. The van der Waals surface area contributed by atoms with Gasteiger partial charge in [-0.15, -0.1) is 0 Å². The van der Waals surface area contributed by atoms with Crippen molar-refractivity contribution < 1.29 is 28.6 Å². The van der Waals surface area contributed by atoms with Crippen molar-refractivity contribution in [2.75, 3.05) is 13.2 Å². The molecule has 0 bridgehead atoms. The van der Waals surface area contributed by atoms with Gasteiger partial charge in [-0.25, -0.2) is 0 Å². The molecule has 6 nitrogen and oxygen atoms in total. The van der Waals surface area contributed by atoms with Crippen LogP contribution in [0.2, 0.25) is 0 Å². The Labute approximate surface area is 380 Å². The van der Waals surface area contributed by atoms with Gasteiger partial charge in [-0.1, -0.05) is 272 Å². The molecular weight excluding hydrogens is 757 g/mol. The number of ether oxygens (including phenoxy) is 3. The SMILES string of the molecule is CCCCCCCCCCCCCCCCCC(=O)OC[C@H](COC(=O)CCCCCCCCCCCCCCCCC(C)CC)OC(=O)CCCCCCCCCCCC. The van der Waals surface area contributed by atoms with Crippen LogP contribution in [0.5, 0.6) is 0 Å². The van der Waals surface area contributed by atoms with Crippen LogP contribution >= 0.6 is 0 Å². The highest BCUT2D eigenvalue weighted by molar-refractivity contribution is 5.71. The number of esters is 3. The van der Waals surface area contributed by atoms with Crippen molar-refractivity contribution in [3.05, 3.63) is 0 Å². The van der Waals surface area contributed by atoms with Crippen LogP contribution < -0.4 is 0 Å². The van der Waals surface area contributed by atoms with E-state index in [0.29, 0.717) is 19.3 Å². The Kier molecular flexibility index (Phi) is 48.1. The van der Waals surface area contributed by atoms with Crippen LogP contribution in [0.25, 0.3) is 0 Å². The molecule has 1 unspecified atom stereocenters. The molecular formula is C55H106O6. The number of hydrogen-bond acceptors (Lipinski definition) is 6. The molecule has 0 aliphatic carbocycles. The monoisotopic (exact) mass is 863 g/mol. The molecule has 61 heavy (non-hydrogen) atoms. The van der Waals surface area contributed by atoms with Crippen LogP contribution in [0.4, 0.5) is 0 Å². The fourth-order valence-corrected chi connectivity index (χ4v) is 8.36. The van der Waals surface area contributed by atoms with Crippen molar-refractivity contribution in [2.24, 2.45) is 5.92 Å². The van der Waals surface area contributed by atoms with E-state index in [4.69, 9.17) is 14.2 Å². The van der Waals surface area contributed by atoms with Crippen LogP contribution in [-0.2, 0) is 28.6 Å². The van der Waals surface area contributed by atoms with Gasteiger partial charge in [0.05, 0.1) is 0 Å². The predicted molar refractivity (Wildman–Crippen MR) is 261 cm³/mol. The number of hydrogen-bond donors (Lipinski definition) is 0. The molecule has 6 heteroatoms. The van der Waals surface area contributed by atoms with E-state index in [1.807, 2.05) is 0 Å². The van der Waals surface area contributed by atoms with Crippen LogP contribution in [0.15, 0.2) is 0 Å².